The molecule has 2 N–H and O–H groups in total. The van der Waals surface area contributed by atoms with E-state index in [1.807, 2.05) is 6.92 Å². The van der Waals surface area contributed by atoms with Gasteiger partial charge < -0.3 is 33.6 Å². The van der Waals surface area contributed by atoms with Gasteiger partial charge in [-0.3, -0.25) is 14.4 Å². The molecule has 230 valence electrons. The van der Waals surface area contributed by atoms with Gasteiger partial charge in [0.05, 0.1) is 32.0 Å². The molecule has 0 aromatic carbocycles. The third-order valence-electron chi connectivity index (χ3n) is 11.6. The van der Waals surface area contributed by atoms with E-state index in [2.05, 4.69) is 0 Å². The normalized spacial score (nSPS) is 45.6. The molecule has 3 aliphatic carbocycles. The third-order valence-corrected chi connectivity index (χ3v) is 11.6. The summed E-state index contributed by atoms with van der Waals surface area (Å²) >= 11 is 0. The molecule has 2 aliphatic heterocycles. The molecule has 11 atom stereocenters. The highest BCUT2D eigenvalue weighted by Crippen LogP contribution is 2.78. The van der Waals surface area contributed by atoms with Crippen molar-refractivity contribution in [3.63, 3.8) is 0 Å². The van der Waals surface area contributed by atoms with Crippen molar-refractivity contribution in [2.24, 2.45) is 39.9 Å². The summed E-state index contributed by atoms with van der Waals surface area (Å²) in [6, 6.07) is 1.75. The van der Waals surface area contributed by atoms with Crippen LogP contribution in [-0.2, 0) is 38.1 Å². The monoisotopic (exact) mass is 588 g/mol. The Hall–Kier alpha value is -2.76. The fourth-order valence-electron chi connectivity index (χ4n) is 9.89. The summed E-state index contributed by atoms with van der Waals surface area (Å²) in [6.45, 7) is 10.3. The molecule has 1 spiro atoms. The minimum atomic E-state index is -2.30. The largest absolute Gasteiger partial charge is 0.472 e. The van der Waals surface area contributed by atoms with Crippen LogP contribution in [0.1, 0.15) is 72.5 Å². The molecule has 11 nitrogen and oxygen atoms in total. The van der Waals surface area contributed by atoms with Crippen molar-refractivity contribution >= 4 is 23.7 Å². The molecule has 3 saturated carbocycles. The van der Waals surface area contributed by atoms with E-state index in [0.29, 0.717) is 18.4 Å². The Morgan fingerprint density at radius 1 is 1.10 bits per heavy atom. The lowest BCUT2D eigenvalue weighted by molar-refractivity contribution is -0.261. The van der Waals surface area contributed by atoms with E-state index in [4.69, 9.17) is 23.4 Å². The summed E-state index contributed by atoms with van der Waals surface area (Å²) in [5.41, 5.74) is -6.22. The predicted octanol–water partition coefficient (Wildman–Crippen LogP) is 2.52. The average Bonchev–Trinajstić information content (AvgIpc) is 3.41. The first-order valence-electron chi connectivity index (χ1n) is 14.7. The maximum Gasteiger partial charge on any atom is 0.335 e. The number of carbonyl (C=O) groups excluding carboxylic acids is 4. The molecular formula is C31H40O11. The Labute approximate surface area is 244 Å². The average molecular weight is 589 g/mol. The minimum Gasteiger partial charge on any atom is -0.472 e. The molecule has 0 unspecified atom stereocenters. The SMILES string of the molecule is COC(=O)[C@H](O)[C@H]1C(C)(C)[C@@H](OC(=O)C(C)C)[C@]2(O)C(=O)[C@]1(C)[C@H]1CC[C@]3(C)[C@H](c4ccoc4)OC(=O)C[C@@H]3[C@]13O[C@@H]23. The first-order valence-corrected chi connectivity index (χ1v) is 14.7. The van der Waals surface area contributed by atoms with Gasteiger partial charge in [0.25, 0.3) is 0 Å². The summed E-state index contributed by atoms with van der Waals surface area (Å²) in [7, 11) is 1.15. The van der Waals surface area contributed by atoms with Gasteiger partial charge >= 0.3 is 17.9 Å². The Bertz CT molecular complexity index is 1330. The van der Waals surface area contributed by atoms with Gasteiger partial charge in [0.2, 0.25) is 0 Å². The molecule has 5 aliphatic rings. The molecule has 11 heteroatoms. The number of methoxy groups -OCH3 is 1. The number of cyclic esters (lactones) is 1. The van der Waals surface area contributed by atoms with Crippen LogP contribution in [0.2, 0.25) is 0 Å². The summed E-state index contributed by atoms with van der Waals surface area (Å²) in [5.74, 6) is -5.42. The van der Waals surface area contributed by atoms with Gasteiger partial charge in [-0.25, -0.2) is 4.79 Å². The van der Waals surface area contributed by atoms with Gasteiger partial charge in [-0.1, -0.05) is 41.5 Å². The van der Waals surface area contributed by atoms with Crippen molar-refractivity contribution in [3.8, 4) is 0 Å². The van der Waals surface area contributed by atoms with Crippen LogP contribution in [0.25, 0.3) is 0 Å². The summed E-state index contributed by atoms with van der Waals surface area (Å²) < 4.78 is 28.6. The maximum atomic E-state index is 14.7. The third kappa shape index (κ3) is 3.33. The number of ketones is 1. The quantitative estimate of drug-likeness (QED) is 0.295. The van der Waals surface area contributed by atoms with E-state index in [9.17, 15) is 29.4 Å². The first-order chi connectivity index (χ1) is 19.5. The molecule has 2 saturated heterocycles. The van der Waals surface area contributed by atoms with Crippen LogP contribution < -0.4 is 0 Å². The van der Waals surface area contributed by atoms with Crippen molar-refractivity contribution < 1.29 is 52.8 Å². The zero-order chi connectivity index (χ0) is 30.8. The number of hydrogen-bond acceptors (Lipinski definition) is 11. The summed E-state index contributed by atoms with van der Waals surface area (Å²) in [4.78, 5) is 53.8. The van der Waals surface area contributed by atoms with Crippen molar-refractivity contribution in [2.45, 2.75) is 96.4 Å². The predicted molar refractivity (Wildman–Crippen MR) is 142 cm³/mol. The number of fused-ring (bicyclic) bond motifs is 5. The Balaban J connectivity index is 1.55. The second kappa shape index (κ2) is 8.89. The number of aliphatic hydroxyl groups excluding tert-OH is 1. The summed E-state index contributed by atoms with van der Waals surface area (Å²) in [5, 5.41) is 24.1. The Morgan fingerprint density at radius 3 is 2.38 bits per heavy atom. The van der Waals surface area contributed by atoms with Crippen LogP contribution in [0.3, 0.4) is 0 Å². The minimum absolute atomic E-state index is 0.0116. The highest BCUT2D eigenvalue weighted by Gasteiger charge is 2.91. The van der Waals surface area contributed by atoms with Crippen LogP contribution >= 0.6 is 0 Å². The molecule has 3 heterocycles. The Morgan fingerprint density at radius 2 is 1.79 bits per heavy atom. The second-order valence-corrected chi connectivity index (χ2v) is 14.3. The zero-order valence-electron chi connectivity index (χ0n) is 25.0. The molecule has 1 aromatic heterocycles. The maximum absolute atomic E-state index is 14.7. The van der Waals surface area contributed by atoms with E-state index >= 15 is 0 Å². The van der Waals surface area contributed by atoms with Crippen molar-refractivity contribution in [2.75, 3.05) is 7.11 Å². The smallest absolute Gasteiger partial charge is 0.335 e. The van der Waals surface area contributed by atoms with E-state index in [0.717, 1.165) is 7.11 Å². The molecule has 5 fully saturated rings. The number of aliphatic hydroxyl groups is 2. The van der Waals surface area contributed by atoms with Crippen LogP contribution in [0.4, 0.5) is 0 Å². The fraction of sp³-hybridized carbons (Fsp3) is 0.742. The fourth-order valence-corrected chi connectivity index (χ4v) is 9.89. The van der Waals surface area contributed by atoms with Gasteiger partial charge in [-0.05, 0) is 18.9 Å². The summed E-state index contributed by atoms with van der Waals surface area (Å²) in [6.07, 6.45) is -0.922. The van der Waals surface area contributed by atoms with Crippen LogP contribution in [0.15, 0.2) is 23.0 Å². The first kappa shape index (κ1) is 29.3. The van der Waals surface area contributed by atoms with Crippen LogP contribution in [0, 0.1) is 39.9 Å². The number of epoxide rings is 1. The molecule has 6 rings (SSSR count). The number of esters is 3. The second-order valence-electron chi connectivity index (χ2n) is 14.3. The number of ether oxygens (including phenoxy) is 4. The lowest BCUT2D eigenvalue weighted by atomic mass is 9.36. The molecular weight excluding hydrogens is 548 g/mol. The zero-order valence-corrected chi connectivity index (χ0v) is 25.0. The topological polar surface area (TPSA) is 162 Å². The van der Waals surface area contributed by atoms with Crippen LogP contribution in [-0.4, -0.2) is 70.5 Å². The standard InChI is InChI=1S/C31H40O11/c1-14(2)22(34)41-25-27(3,4)20(19(33)23(35)38-7)29(6)16-8-10-28(5)17(31(16)26(42-31)30(25,37)24(29)36)12-18(32)40-21(28)15-9-11-39-13-15/h9,11,13-14,16-17,19-21,25-26,33,37H,8,10,12H2,1-7H3/t16-,17+,19-,20+,21+,25-,26+,28+,29-,30-,31-/m1/s1. The van der Waals surface area contributed by atoms with E-state index < -0.39 is 99.2 Å². The lowest BCUT2D eigenvalue weighted by Crippen LogP contribution is -2.81. The van der Waals surface area contributed by atoms with Gasteiger partial charge in [0.1, 0.15) is 23.9 Å². The van der Waals surface area contributed by atoms with Crippen molar-refractivity contribution in [1.82, 2.24) is 0 Å². The molecule has 42 heavy (non-hydrogen) atoms. The van der Waals surface area contributed by atoms with Crippen LogP contribution in [0.5, 0.6) is 0 Å². The highest BCUT2D eigenvalue weighted by molar-refractivity contribution is 5.99. The Kier molecular flexibility index (Phi) is 6.20. The van der Waals surface area contributed by atoms with Crippen molar-refractivity contribution in [3.05, 3.63) is 24.2 Å². The molecule has 2 bridgehead atoms. The van der Waals surface area contributed by atoms with Gasteiger partial charge in [0, 0.05) is 39.6 Å². The number of Topliss-reactive ketones (excluding diaryl/α,β-unsaturated/α-hetero) is 1. The number of hydrogen-bond donors (Lipinski definition) is 2. The molecule has 0 radical (unpaired) electrons. The number of carbonyl (C=O) groups is 4. The highest BCUT2D eigenvalue weighted by atomic mass is 16.6. The molecule has 1 aromatic rings. The number of furan rings is 1. The van der Waals surface area contributed by atoms with Crippen molar-refractivity contribution in [1.29, 1.82) is 0 Å². The van der Waals surface area contributed by atoms with E-state index in [1.54, 1.807) is 46.9 Å². The van der Waals surface area contributed by atoms with E-state index in [1.165, 1.54) is 6.26 Å². The van der Waals surface area contributed by atoms with Gasteiger partial charge in [0.15, 0.2) is 17.5 Å². The van der Waals surface area contributed by atoms with Gasteiger partial charge in [-0.2, -0.15) is 0 Å². The van der Waals surface area contributed by atoms with E-state index in [-0.39, 0.29) is 6.42 Å². The lowest BCUT2D eigenvalue weighted by Gasteiger charge is -2.67. The molecule has 0 amide bonds. The number of rotatable bonds is 5. The van der Waals surface area contributed by atoms with Gasteiger partial charge in [-0.15, -0.1) is 0 Å².